The van der Waals surface area contributed by atoms with Crippen LogP contribution in [-0.2, 0) is 6.54 Å². The lowest BCUT2D eigenvalue weighted by atomic mass is 9.86. The Morgan fingerprint density at radius 3 is 2.85 bits per heavy atom. The first kappa shape index (κ1) is 14.4. The molecule has 0 spiro atoms. The van der Waals surface area contributed by atoms with E-state index in [1.54, 1.807) is 0 Å². The van der Waals surface area contributed by atoms with Crippen LogP contribution in [0.1, 0.15) is 47.9 Å². The Bertz CT molecular complexity index is 413. The number of aliphatic hydroxyl groups excluding tert-OH is 1. The molecule has 3 rings (SSSR count). The summed E-state index contributed by atoms with van der Waals surface area (Å²) in [6, 6.07) is 0. The highest BCUT2D eigenvalue weighted by Crippen LogP contribution is 2.38. The number of aliphatic hydroxyl groups is 1. The van der Waals surface area contributed by atoms with Gasteiger partial charge in [0.15, 0.2) is 0 Å². The summed E-state index contributed by atoms with van der Waals surface area (Å²) in [7, 11) is 0. The Morgan fingerprint density at radius 2 is 2.15 bits per heavy atom. The average Bonchev–Trinajstić information content (AvgIpc) is 2.99. The fourth-order valence-electron chi connectivity index (χ4n) is 2.94. The fourth-order valence-corrected chi connectivity index (χ4v) is 3.99. The summed E-state index contributed by atoms with van der Waals surface area (Å²) in [6.45, 7) is 4.62. The zero-order valence-electron chi connectivity index (χ0n) is 12.1. The molecule has 1 saturated heterocycles. The van der Waals surface area contributed by atoms with E-state index in [-0.39, 0.29) is 6.10 Å². The van der Waals surface area contributed by atoms with Gasteiger partial charge in [0.05, 0.1) is 11.1 Å². The van der Waals surface area contributed by atoms with Crippen molar-refractivity contribution in [1.82, 2.24) is 15.2 Å². The third-order valence-electron chi connectivity index (χ3n) is 4.37. The summed E-state index contributed by atoms with van der Waals surface area (Å²) in [5, 5.41) is 14.7. The Balaban J connectivity index is 1.35. The van der Waals surface area contributed by atoms with E-state index in [1.165, 1.54) is 42.0 Å². The number of likely N-dealkylation sites (tertiary alicyclic amines) is 1. The third kappa shape index (κ3) is 3.79. The minimum atomic E-state index is -0.257. The molecule has 2 aliphatic rings. The summed E-state index contributed by atoms with van der Waals surface area (Å²) in [5.74, 6) is 0.731. The van der Waals surface area contributed by atoms with Crippen molar-refractivity contribution < 1.29 is 5.11 Å². The maximum absolute atomic E-state index is 10.0. The van der Waals surface area contributed by atoms with E-state index in [0.29, 0.717) is 6.54 Å². The van der Waals surface area contributed by atoms with Crippen LogP contribution in [0.25, 0.3) is 0 Å². The number of rotatable bonds is 7. The molecule has 1 aromatic rings. The average molecular weight is 295 g/mol. The predicted octanol–water partition coefficient (Wildman–Crippen LogP) is 1.96. The van der Waals surface area contributed by atoms with Gasteiger partial charge in [-0.3, -0.25) is 0 Å². The monoisotopic (exact) mass is 295 g/mol. The van der Waals surface area contributed by atoms with Crippen molar-refractivity contribution in [2.75, 3.05) is 26.2 Å². The highest BCUT2D eigenvalue weighted by atomic mass is 32.1. The van der Waals surface area contributed by atoms with Gasteiger partial charge in [-0.05, 0) is 38.8 Å². The number of nitrogens with zero attached hydrogens (tertiary/aromatic N) is 2. The highest BCUT2D eigenvalue weighted by Gasteiger charge is 2.22. The van der Waals surface area contributed by atoms with Gasteiger partial charge in [-0.15, -0.1) is 11.3 Å². The second-order valence-electron chi connectivity index (χ2n) is 6.09. The van der Waals surface area contributed by atoms with Gasteiger partial charge in [0.25, 0.3) is 0 Å². The van der Waals surface area contributed by atoms with Crippen molar-refractivity contribution in [3.8, 4) is 0 Å². The molecule has 4 nitrogen and oxygen atoms in total. The van der Waals surface area contributed by atoms with Gasteiger partial charge in [-0.25, -0.2) is 4.98 Å². The number of β-amino-alcohol motifs (C(OH)–C–C–N with tert-alkyl or cyclic N) is 1. The Labute approximate surface area is 125 Å². The molecule has 5 heteroatoms. The van der Waals surface area contributed by atoms with Crippen LogP contribution in [0.4, 0.5) is 0 Å². The molecular formula is C15H25N3OS. The molecule has 1 atom stereocenters. The molecule has 2 fully saturated rings. The summed E-state index contributed by atoms with van der Waals surface area (Å²) >= 11 is 1.84. The topological polar surface area (TPSA) is 48.4 Å². The minimum absolute atomic E-state index is 0.257. The van der Waals surface area contributed by atoms with Crippen LogP contribution in [0.3, 0.4) is 0 Å². The predicted molar refractivity (Wildman–Crippen MR) is 82.1 cm³/mol. The van der Waals surface area contributed by atoms with Crippen LogP contribution >= 0.6 is 11.3 Å². The summed E-state index contributed by atoms with van der Waals surface area (Å²) < 4.78 is 0. The Morgan fingerprint density at radius 1 is 1.35 bits per heavy atom. The van der Waals surface area contributed by atoms with E-state index in [0.717, 1.165) is 32.1 Å². The first-order valence-corrected chi connectivity index (χ1v) is 8.68. The maximum atomic E-state index is 10.0. The van der Waals surface area contributed by atoms with Crippen molar-refractivity contribution in [1.29, 1.82) is 0 Å². The minimum Gasteiger partial charge on any atom is -0.390 e. The second kappa shape index (κ2) is 6.98. The molecule has 0 radical (unpaired) electrons. The van der Waals surface area contributed by atoms with Gasteiger partial charge in [0.2, 0.25) is 0 Å². The number of thiazole rings is 1. The molecule has 1 saturated carbocycles. The van der Waals surface area contributed by atoms with Gasteiger partial charge in [-0.1, -0.05) is 6.42 Å². The zero-order valence-corrected chi connectivity index (χ0v) is 12.9. The van der Waals surface area contributed by atoms with Crippen LogP contribution < -0.4 is 5.32 Å². The Kier molecular flexibility index (Phi) is 5.04. The number of aromatic nitrogens is 1. The van der Waals surface area contributed by atoms with Gasteiger partial charge < -0.3 is 15.3 Å². The quantitative estimate of drug-likeness (QED) is 0.807. The molecule has 1 aromatic heterocycles. The molecule has 1 aliphatic carbocycles. The molecule has 2 N–H and O–H groups in total. The van der Waals surface area contributed by atoms with Crippen LogP contribution in [0.5, 0.6) is 0 Å². The molecule has 1 unspecified atom stereocenters. The molecule has 20 heavy (non-hydrogen) atoms. The van der Waals surface area contributed by atoms with Crippen LogP contribution in [0.2, 0.25) is 0 Å². The molecule has 0 aromatic carbocycles. The summed E-state index contributed by atoms with van der Waals surface area (Å²) in [4.78, 5) is 8.17. The van der Waals surface area contributed by atoms with Gasteiger partial charge in [0, 0.05) is 36.6 Å². The number of nitrogens with one attached hydrogen (secondary N) is 1. The highest BCUT2D eigenvalue weighted by molar-refractivity contribution is 7.11. The molecule has 1 aliphatic heterocycles. The van der Waals surface area contributed by atoms with Gasteiger partial charge >= 0.3 is 0 Å². The SMILES string of the molecule is OC(CNCc1cnc(C2CCC2)s1)CN1CCCC1. The maximum Gasteiger partial charge on any atom is 0.0959 e. The molecule has 2 heterocycles. The first-order chi connectivity index (χ1) is 9.81. The smallest absolute Gasteiger partial charge is 0.0959 e. The van der Waals surface area contributed by atoms with Gasteiger partial charge in [-0.2, -0.15) is 0 Å². The third-order valence-corrected chi connectivity index (χ3v) is 5.53. The van der Waals surface area contributed by atoms with E-state index in [2.05, 4.69) is 15.2 Å². The second-order valence-corrected chi connectivity index (χ2v) is 7.23. The van der Waals surface area contributed by atoms with E-state index in [9.17, 15) is 5.11 Å². The van der Waals surface area contributed by atoms with Crippen molar-refractivity contribution in [2.24, 2.45) is 0 Å². The van der Waals surface area contributed by atoms with E-state index >= 15 is 0 Å². The Hall–Kier alpha value is -0.490. The van der Waals surface area contributed by atoms with Crippen molar-refractivity contribution >= 4 is 11.3 Å². The fraction of sp³-hybridized carbons (Fsp3) is 0.800. The van der Waals surface area contributed by atoms with E-state index in [1.807, 2.05) is 17.5 Å². The van der Waals surface area contributed by atoms with Gasteiger partial charge in [0.1, 0.15) is 0 Å². The van der Waals surface area contributed by atoms with Crippen molar-refractivity contribution in [2.45, 2.75) is 50.7 Å². The van der Waals surface area contributed by atoms with Crippen LogP contribution in [-0.4, -0.2) is 47.3 Å². The number of hydrogen-bond donors (Lipinski definition) is 2. The van der Waals surface area contributed by atoms with Crippen molar-refractivity contribution in [3.05, 3.63) is 16.1 Å². The summed E-state index contributed by atoms with van der Waals surface area (Å²) in [6.07, 6.45) is 8.30. The molecule has 0 amide bonds. The normalized spacial score (nSPS) is 22.1. The molecule has 112 valence electrons. The summed E-state index contributed by atoms with van der Waals surface area (Å²) in [5.41, 5.74) is 0. The number of hydrogen-bond acceptors (Lipinski definition) is 5. The standard InChI is InChI=1S/C15H25N3OS/c19-13(11-18-6-1-2-7-18)8-16-9-14-10-17-15(20-14)12-4-3-5-12/h10,12-13,16,19H,1-9,11H2. The first-order valence-electron chi connectivity index (χ1n) is 7.87. The van der Waals surface area contributed by atoms with Crippen molar-refractivity contribution in [3.63, 3.8) is 0 Å². The van der Waals surface area contributed by atoms with Crippen LogP contribution in [0, 0.1) is 0 Å². The lowest BCUT2D eigenvalue weighted by Crippen LogP contribution is -2.36. The zero-order chi connectivity index (χ0) is 13.8. The largest absolute Gasteiger partial charge is 0.390 e. The van der Waals surface area contributed by atoms with E-state index in [4.69, 9.17) is 0 Å². The van der Waals surface area contributed by atoms with E-state index < -0.39 is 0 Å². The molecular weight excluding hydrogens is 270 g/mol. The van der Waals surface area contributed by atoms with Crippen LogP contribution in [0.15, 0.2) is 6.20 Å². The lowest BCUT2D eigenvalue weighted by molar-refractivity contribution is 0.123. The molecule has 0 bridgehead atoms. The lowest BCUT2D eigenvalue weighted by Gasteiger charge is -2.22.